The van der Waals surface area contributed by atoms with E-state index in [4.69, 9.17) is 5.84 Å². The van der Waals surface area contributed by atoms with E-state index in [9.17, 15) is 0 Å². The predicted molar refractivity (Wildman–Crippen MR) is 53.9 cm³/mol. The minimum Gasteiger partial charge on any atom is -0.320 e. The van der Waals surface area contributed by atoms with Crippen molar-refractivity contribution in [3.05, 3.63) is 0 Å². The number of aliphatic imine (C=N–C) groups is 1. The third kappa shape index (κ3) is 12.1. The maximum absolute atomic E-state index is 4.80. The van der Waals surface area contributed by atoms with Crippen molar-refractivity contribution in [1.29, 1.82) is 0 Å². The van der Waals surface area contributed by atoms with E-state index in [1.54, 1.807) is 0 Å². The zero-order chi connectivity index (χ0) is 8.36. The van der Waals surface area contributed by atoms with Crippen LogP contribution in [0.5, 0.6) is 0 Å². The Labute approximate surface area is 79.7 Å². The quantitative estimate of drug-likeness (QED) is 0.284. The van der Waals surface area contributed by atoms with Gasteiger partial charge in [-0.15, -0.1) is 17.5 Å². The number of nitrogens with two attached hydrogens (primary N) is 1. The maximum Gasteiger partial charge on any atom is 0.114 e. The average Bonchev–Trinajstić information content (AvgIpc) is 2.03. The molecule has 0 amide bonds. The van der Waals surface area contributed by atoms with Crippen LogP contribution in [0.4, 0.5) is 0 Å². The molecule has 72 valence electrons. The first-order chi connectivity index (χ1) is 5.41. The highest BCUT2D eigenvalue weighted by Gasteiger charge is 1.85. The van der Waals surface area contributed by atoms with Gasteiger partial charge < -0.3 is 11.2 Å². The highest BCUT2D eigenvalue weighted by Crippen LogP contribution is 1.92. The first-order valence-corrected chi connectivity index (χ1v) is 3.88. The molecule has 0 heterocycles. The molecule has 0 aromatic carbocycles. The van der Waals surface area contributed by atoms with Crippen molar-refractivity contribution in [3.8, 4) is 0 Å². The van der Waals surface area contributed by atoms with Crippen LogP contribution >= 0.6 is 12.4 Å². The molecular formula is C7H17ClN4. The molecule has 12 heavy (non-hydrogen) atoms. The van der Waals surface area contributed by atoms with E-state index in [1.165, 1.54) is 12.8 Å². The molecule has 0 saturated carbocycles. The molecular weight excluding hydrogens is 176 g/mol. The Hall–Kier alpha value is -0.570. The summed E-state index contributed by atoms with van der Waals surface area (Å²) < 4.78 is 0. The molecule has 4 nitrogen and oxygen atoms in total. The number of nitrogens with zero attached hydrogens (tertiary/aromatic N) is 2. The normalized spacial score (nSPS) is 8.08. The lowest BCUT2D eigenvalue weighted by molar-refractivity contribution is 0.649. The summed E-state index contributed by atoms with van der Waals surface area (Å²) in [5, 5.41) is 6.23. The molecule has 0 unspecified atom stereocenters. The first kappa shape index (κ1) is 14.0. The Bertz CT molecular complexity index is 131. The minimum absolute atomic E-state index is 0. The molecule has 0 atom stereocenters. The lowest BCUT2D eigenvalue weighted by atomic mass is 10.2. The van der Waals surface area contributed by atoms with Gasteiger partial charge in [0.25, 0.3) is 0 Å². The van der Waals surface area contributed by atoms with Crippen LogP contribution in [0.25, 0.3) is 0 Å². The van der Waals surface area contributed by atoms with Gasteiger partial charge in [0.1, 0.15) is 6.01 Å². The molecule has 3 N–H and O–H groups in total. The largest absolute Gasteiger partial charge is 0.320 e. The molecule has 0 rings (SSSR count). The van der Waals surface area contributed by atoms with Crippen LogP contribution in [0, 0.1) is 0 Å². The fourth-order valence-corrected chi connectivity index (χ4v) is 0.760. The zero-order valence-electron chi connectivity index (χ0n) is 7.42. The van der Waals surface area contributed by atoms with Crippen molar-refractivity contribution < 1.29 is 0 Å². The van der Waals surface area contributed by atoms with Crippen LogP contribution in [-0.2, 0) is 0 Å². The number of hydrogen-bond donors (Lipinski definition) is 2. The molecule has 0 aliphatic carbocycles. The fraction of sp³-hybridized carbons (Fsp3) is 0.857. The summed E-state index contributed by atoms with van der Waals surface area (Å²) in [4.78, 5) is 3.83. The number of hydrazone groups is 1. The van der Waals surface area contributed by atoms with Gasteiger partial charge in [0.15, 0.2) is 0 Å². The number of rotatable bonds is 6. The smallest absolute Gasteiger partial charge is 0.114 e. The van der Waals surface area contributed by atoms with Crippen LogP contribution in [0.3, 0.4) is 0 Å². The summed E-state index contributed by atoms with van der Waals surface area (Å²) in [6.45, 7) is 1.86. The summed E-state index contributed by atoms with van der Waals surface area (Å²) >= 11 is 0. The monoisotopic (exact) mass is 192 g/mol. The number of nitrogens with one attached hydrogen (secondary N) is 1. The Morgan fingerprint density at radius 2 is 2.08 bits per heavy atom. The van der Waals surface area contributed by atoms with E-state index in [0.29, 0.717) is 0 Å². The summed E-state index contributed by atoms with van der Waals surface area (Å²) in [6, 6.07) is 2.35. The van der Waals surface area contributed by atoms with Crippen LogP contribution < -0.4 is 11.2 Å². The van der Waals surface area contributed by atoms with Gasteiger partial charge in [0.2, 0.25) is 0 Å². The standard InChI is InChI=1S/C7H16N4.ClH/c1-9-5-3-2-4-6-10-7-11-8;/h9H,2-6,8H2,1H3;1H. The van der Waals surface area contributed by atoms with Crippen LogP contribution in [0.1, 0.15) is 19.3 Å². The van der Waals surface area contributed by atoms with Gasteiger partial charge in [-0.25, -0.2) is 4.99 Å². The van der Waals surface area contributed by atoms with Gasteiger partial charge in [-0.2, -0.15) is 0 Å². The van der Waals surface area contributed by atoms with Gasteiger partial charge in [0, 0.05) is 6.54 Å². The van der Waals surface area contributed by atoms with E-state index in [0.717, 1.165) is 19.5 Å². The van der Waals surface area contributed by atoms with Crippen LogP contribution in [0.2, 0.25) is 0 Å². The summed E-state index contributed by atoms with van der Waals surface area (Å²) in [5.41, 5.74) is 0. The number of hydrogen-bond acceptors (Lipinski definition) is 4. The van der Waals surface area contributed by atoms with Crippen LogP contribution in [-0.4, -0.2) is 26.1 Å². The first-order valence-electron chi connectivity index (χ1n) is 3.88. The minimum atomic E-state index is 0. The van der Waals surface area contributed by atoms with E-state index in [1.807, 2.05) is 7.05 Å². The zero-order valence-corrected chi connectivity index (χ0v) is 8.23. The Morgan fingerprint density at radius 3 is 2.67 bits per heavy atom. The summed E-state index contributed by atoms with van der Waals surface area (Å²) in [5.74, 6) is 4.80. The maximum atomic E-state index is 4.80. The van der Waals surface area contributed by atoms with Gasteiger partial charge in [0.05, 0.1) is 0 Å². The second-order valence-electron chi connectivity index (χ2n) is 2.28. The van der Waals surface area contributed by atoms with Gasteiger partial charge in [-0.1, -0.05) is 6.42 Å². The summed E-state index contributed by atoms with van der Waals surface area (Å²) in [6.07, 6.45) is 3.48. The SMILES string of the molecule is CNCCCCCN=C=NN.Cl. The molecule has 0 aliphatic heterocycles. The second-order valence-corrected chi connectivity index (χ2v) is 2.28. The summed E-state index contributed by atoms with van der Waals surface area (Å²) in [7, 11) is 1.96. The third-order valence-corrected chi connectivity index (χ3v) is 1.33. The molecule has 0 bridgehead atoms. The average molecular weight is 193 g/mol. The molecule has 0 spiro atoms. The van der Waals surface area contributed by atoms with E-state index >= 15 is 0 Å². The van der Waals surface area contributed by atoms with Crippen LogP contribution in [0.15, 0.2) is 10.1 Å². The Morgan fingerprint density at radius 1 is 1.33 bits per heavy atom. The molecule has 0 aromatic heterocycles. The van der Waals surface area contributed by atoms with E-state index in [-0.39, 0.29) is 12.4 Å². The molecule has 0 radical (unpaired) electrons. The van der Waals surface area contributed by atoms with Crippen molar-refractivity contribution >= 4 is 18.4 Å². The van der Waals surface area contributed by atoms with E-state index in [2.05, 4.69) is 21.4 Å². The molecule has 0 aromatic rings. The second kappa shape index (κ2) is 13.1. The van der Waals surface area contributed by atoms with Crippen molar-refractivity contribution in [2.24, 2.45) is 15.9 Å². The van der Waals surface area contributed by atoms with E-state index < -0.39 is 0 Å². The topological polar surface area (TPSA) is 62.8 Å². The lowest BCUT2D eigenvalue weighted by Crippen LogP contribution is -2.07. The highest BCUT2D eigenvalue weighted by molar-refractivity contribution is 5.85. The third-order valence-electron chi connectivity index (χ3n) is 1.33. The van der Waals surface area contributed by atoms with Crippen molar-refractivity contribution in [3.63, 3.8) is 0 Å². The Kier molecular flexibility index (Phi) is 15.2. The van der Waals surface area contributed by atoms with Crippen molar-refractivity contribution in [2.45, 2.75) is 19.3 Å². The highest BCUT2D eigenvalue weighted by atomic mass is 35.5. The number of unbranched alkanes of at least 4 members (excludes halogenated alkanes) is 2. The fourth-order valence-electron chi connectivity index (χ4n) is 0.760. The number of halogens is 1. The molecule has 0 saturated heterocycles. The molecule has 0 fully saturated rings. The lowest BCUT2D eigenvalue weighted by Gasteiger charge is -1.95. The Balaban J connectivity index is 0. The van der Waals surface area contributed by atoms with Crippen molar-refractivity contribution in [1.82, 2.24) is 5.32 Å². The van der Waals surface area contributed by atoms with Gasteiger partial charge in [-0.3, -0.25) is 0 Å². The van der Waals surface area contributed by atoms with Gasteiger partial charge >= 0.3 is 0 Å². The molecule has 5 heteroatoms. The van der Waals surface area contributed by atoms with Gasteiger partial charge in [-0.05, 0) is 26.4 Å². The predicted octanol–water partition coefficient (Wildman–Crippen LogP) is 0.845. The molecule has 0 aliphatic rings. The van der Waals surface area contributed by atoms with Crippen molar-refractivity contribution in [2.75, 3.05) is 20.1 Å².